The Morgan fingerprint density at radius 3 is 2.50 bits per heavy atom. The average Bonchev–Trinajstić information content (AvgIpc) is 3.34. The number of carbonyl (C=O) groups excluding carboxylic acids is 1. The number of likely N-dealkylation sites (N-methyl/N-ethyl adjacent to an activating group) is 1. The largest absolute Gasteiger partial charge is 0.486 e. The third-order valence-electron chi connectivity index (χ3n) is 8.52. The number of hydrogen-bond acceptors (Lipinski definition) is 9. The van der Waals surface area contributed by atoms with Crippen LogP contribution in [0, 0.1) is 0 Å². The van der Waals surface area contributed by atoms with E-state index < -0.39 is 11.6 Å². The molecule has 0 bridgehead atoms. The zero-order valence-electron chi connectivity index (χ0n) is 23.3. The molecule has 212 valence electrons. The van der Waals surface area contributed by atoms with Crippen molar-refractivity contribution in [2.45, 2.75) is 52.4 Å². The van der Waals surface area contributed by atoms with Crippen LogP contribution >= 0.6 is 0 Å². The molecule has 0 fully saturated rings. The van der Waals surface area contributed by atoms with Gasteiger partial charge in [0.05, 0.1) is 29.0 Å². The van der Waals surface area contributed by atoms with Crippen molar-refractivity contribution in [1.82, 2.24) is 19.8 Å². The number of nitrogens with one attached hydrogen (secondary N) is 1. The van der Waals surface area contributed by atoms with E-state index in [-0.39, 0.29) is 18.6 Å². The van der Waals surface area contributed by atoms with Gasteiger partial charge in [-0.1, -0.05) is 20.8 Å². The predicted octanol–water partition coefficient (Wildman–Crippen LogP) is 2.32. The van der Waals surface area contributed by atoms with E-state index in [1.165, 1.54) is 0 Å². The topological polar surface area (TPSA) is 115 Å². The molecule has 1 unspecified atom stereocenters. The highest BCUT2D eigenvalue weighted by molar-refractivity contribution is 5.91. The number of carbonyl (C=O) groups is 1. The number of hydrogen-bond donors (Lipinski definition) is 2. The van der Waals surface area contributed by atoms with Crippen LogP contribution in [0.5, 0.6) is 11.5 Å². The van der Waals surface area contributed by atoms with Gasteiger partial charge in [-0.2, -0.15) is 0 Å². The SMILES string of the molecule is CCN(CC)CCNCCc1c2c(nc3cc4c(cc13)OCCO4)-c1cc3c(c(=O)n1C2)COC(=O)C3(O)CC. The summed E-state index contributed by atoms with van der Waals surface area (Å²) in [5.41, 5.74) is 2.65. The van der Waals surface area contributed by atoms with Crippen molar-refractivity contribution in [2.24, 2.45) is 0 Å². The van der Waals surface area contributed by atoms with E-state index in [0.717, 1.165) is 61.2 Å². The molecule has 2 N–H and O–H groups in total. The first-order valence-corrected chi connectivity index (χ1v) is 14.2. The van der Waals surface area contributed by atoms with Gasteiger partial charge in [0.25, 0.3) is 5.56 Å². The van der Waals surface area contributed by atoms with Gasteiger partial charge in [-0.15, -0.1) is 0 Å². The minimum absolute atomic E-state index is 0.105. The average molecular weight is 549 g/mol. The summed E-state index contributed by atoms with van der Waals surface area (Å²) in [5, 5.41) is 15.8. The lowest BCUT2D eigenvalue weighted by molar-refractivity contribution is -0.172. The fraction of sp³-hybridized carbons (Fsp3) is 0.500. The fourth-order valence-electron chi connectivity index (χ4n) is 6.10. The molecule has 2 aromatic heterocycles. The van der Waals surface area contributed by atoms with Crippen LogP contribution in [0.4, 0.5) is 0 Å². The maximum atomic E-state index is 13.7. The number of benzene rings is 1. The highest BCUT2D eigenvalue weighted by Crippen LogP contribution is 2.42. The summed E-state index contributed by atoms with van der Waals surface area (Å²) in [7, 11) is 0. The summed E-state index contributed by atoms with van der Waals surface area (Å²) in [6, 6.07) is 5.66. The number of aromatic nitrogens is 2. The third-order valence-corrected chi connectivity index (χ3v) is 8.52. The van der Waals surface area contributed by atoms with Crippen LogP contribution in [-0.2, 0) is 34.7 Å². The summed E-state index contributed by atoms with van der Waals surface area (Å²) in [6.07, 6.45) is 0.843. The fourth-order valence-corrected chi connectivity index (χ4v) is 6.10. The van der Waals surface area contributed by atoms with E-state index in [2.05, 4.69) is 24.1 Å². The van der Waals surface area contributed by atoms with Crippen molar-refractivity contribution in [3.63, 3.8) is 0 Å². The molecule has 0 amide bonds. The van der Waals surface area contributed by atoms with Crippen LogP contribution in [-0.4, -0.2) is 71.5 Å². The molecule has 6 rings (SSSR count). The van der Waals surface area contributed by atoms with Crippen LogP contribution < -0.4 is 20.3 Å². The minimum atomic E-state index is -1.86. The Balaban J connectivity index is 1.44. The third kappa shape index (κ3) is 4.25. The van der Waals surface area contributed by atoms with Crippen molar-refractivity contribution >= 4 is 16.9 Å². The maximum Gasteiger partial charge on any atom is 0.343 e. The van der Waals surface area contributed by atoms with Gasteiger partial charge in [0.1, 0.15) is 19.8 Å². The van der Waals surface area contributed by atoms with E-state index >= 15 is 0 Å². The first kappa shape index (κ1) is 26.7. The van der Waals surface area contributed by atoms with Crippen molar-refractivity contribution < 1.29 is 24.1 Å². The van der Waals surface area contributed by atoms with E-state index in [1.54, 1.807) is 17.6 Å². The lowest BCUT2D eigenvalue weighted by Gasteiger charge is -2.31. The lowest BCUT2D eigenvalue weighted by atomic mass is 9.86. The van der Waals surface area contributed by atoms with Crippen molar-refractivity contribution in [3.8, 4) is 22.9 Å². The molecule has 3 aliphatic heterocycles. The molecule has 0 aliphatic carbocycles. The molecule has 5 heterocycles. The molecule has 1 atom stereocenters. The molecule has 3 aromatic rings. The summed E-state index contributed by atoms with van der Waals surface area (Å²) < 4.78 is 18.6. The highest BCUT2D eigenvalue weighted by Gasteiger charge is 2.45. The molecule has 0 saturated heterocycles. The van der Waals surface area contributed by atoms with Crippen molar-refractivity contribution in [2.75, 3.05) is 45.9 Å². The van der Waals surface area contributed by atoms with Gasteiger partial charge in [-0.3, -0.25) is 4.79 Å². The number of esters is 1. The molecule has 40 heavy (non-hydrogen) atoms. The predicted molar refractivity (Wildman–Crippen MR) is 150 cm³/mol. The van der Waals surface area contributed by atoms with Gasteiger partial charge in [-0.05, 0) is 50.2 Å². The molecule has 0 radical (unpaired) electrons. The zero-order valence-corrected chi connectivity index (χ0v) is 23.3. The first-order chi connectivity index (χ1) is 19.4. The van der Waals surface area contributed by atoms with Gasteiger partial charge >= 0.3 is 5.97 Å². The summed E-state index contributed by atoms with van der Waals surface area (Å²) >= 11 is 0. The minimum Gasteiger partial charge on any atom is -0.486 e. The number of ether oxygens (including phenoxy) is 3. The molecule has 0 saturated carbocycles. The second-order valence-electron chi connectivity index (χ2n) is 10.6. The van der Waals surface area contributed by atoms with Gasteiger partial charge in [0.2, 0.25) is 0 Å². The Kier molecular flexibility index (Phi) is 7.02. The van der Waals surface area contributed by atoms with Crippen LogP contribution in [0.3, 0.4) is 0 Å². The van der Waals surface area contributed by atoms with Crippen LogP contribution in [0.15, 0.2) is 23.0 Å². The summed E-state index contributed by atoms with van der Waals surface area (Å²) in [6.45, 7) is 11.9. The monoisotopic (exact) mass is 548 g/mol. The van der Waals surface area contributed by atoms with Crippen molar-refractivity contribution in [1.29, 1.82) is 0 Å². The van der Waals surface area contributed by atoms with E-state index in [1.807, 2.05) is 12.1 Å². The smallest absolute Gasteiger partial charge is 0.343 e. The Labute approximate surface area is 232 Å². The summed E-state index contributed by atoms with van der Waals surface area (Å²) in [5.74, 6) is 0.623. The van der Waals surface area contributed by atoms with Gasteiger partial charge < -0.3 is 34.1 Å². The lowest BCUT2D eigenvalue weighted by Crippen LogP contribution is -2.44. The molecule has 1 aromatic carbocycles. The molecular weight excluding hydrogens is 512 g/mol. The van der Waals surface area contributed by atoms with Gasteiger partial charge in [0, 0.05) is 35.7 Å². The Hall–Kier alpha value is -3.47. The van der Waals surface area contributed by atoms with E-state index in [0.29, 0.717) is 53.8 Å². The number of fused-ring (bicyclic) bond motifs is 6. The second-order valence-corrected chi connectivity index (χ2v) is 10.6. The standard InChI is InChI=1S/C30H36N4O6/c1-4-30(37)22-14-24-27-20(16-34(24)28(35)21(22)17-40-29(30)36)18(7-8-31-9-10-33(5-2)6-3)19-13-25-26(15-23(19)32-27)39-12-11-38-25/h13-15,31,37H,4-12,16-17H2,1-3H3. The van der Waals surface area contributed by atoms with Crippen LogP contribution in [0.1, 0.15) is 49.4 Å². The Morgan fingerprint density at radius 1 is 1.02 bits per heavy atom. The number of aliphatic hydroxyl groups is 1. The molecular formula is C30H36N4O6. The highest BCUT2D eigenvalue weighted by atomic mass is 16.6. The van der Waals surface area contributed by atoms with Crippen LogP contribution in [0.25, 0.3) is 22.3 Å². The number of rotatable bonds is 9. The number of pyridine rings is 2. The zero-order chi connectivity index (χ0) is 28.0. The van der Waals surface area contributed by atoms with E-state index in [4.69, 9.17) is 19.2 Å². The van der Waals surface area contributed by atoms with Crippen molar-refractivity contribution in [3.05, 3.63) is 50.8 Å². The quantitative estimate of drug-likeness (QED) is 0.240. The molecule has 10 nitrogen and oxygen atoms in total. The molecule has 0 spiro atoms. The molecule has 10 heteroatoms. The number of cyclic esters (lactones) is 1. The van der Waals surface area contributed by atoms with Crippen LogP contribution in [0.2, 0.25) is 0 Å². The maximum absolute atomic E-state index is 13.7. The van der Waals surface area contributed by atoms with E-state index in [9.17, 15) is 14.7 Å². The Bertz CT molecular complexity index is 1550. The van der Waals surface area contributed by atoms with Gasteiger partial charge in [0.15, 0.2) is 17.1 Å². The number of nitrogens with zero attached hydrogens (tertiary/aromatic N) is 3. The summed E-state index contributed by atoms with van der Waals surface area (Å²) in [4.78, 5) is 33.6. The first-order valence-electron chi connectivity index (χ1n) is 14.2. The second kappa shape index (κ2) is 10.5. The Morgan fingerprint density at radius 2 is 1.77 bits per heavy atom. The normalized spacial score (nSPS) is 19.0. The van der Waals surface area contributed by atoms with Gasteiger partial charge in [-0.25, -0.2) is 9.78 Å². The molecule has 3 aliphatic rings.